The van der Waals surface area contributed by atoms with Gasteiger partial charge in [0.25, 0.3) is 0 Å². The van der Waals surface area contributed by atoms with E-state index in [1.807, 2.05) is 12.4 Å². The number of pyridine rings is 1. The maximum atomic E-state index is 4.26. The van der Waals surface area contributed by atoms with E-state index in [1.54, 1.807) is 11.8 Å². The normalized spacial score (nSPS) is 12.3. The summed E-state index contributed by atoms with van der Waals surface area (Å²) in [7, 11) is 0. The number of nitrogens with zero attached hydrogens (tertiary/aromatic N) is 1. The molecule has 1 atom stereocenters. The van der Waals surface area contributed by atoms with Crippen LogP contribution in [0.15, 0.2) is 52.1 Å². The van der Waals surface area contributed by atoms with E-state index in [0.29, 0.717) is 6.04 Å². The molecule has 1 aromatic carbocycles. The fourth-order valence-electron chi connectivity index (χ4n) is 2.27. The lowest BCUT2D eigenvalue weighted by Gasteiger charge is -2.19. The molecule has 21 heavy (non-hydrogen) atoms. The number of hydrogen-bond acceptors (Lipinski definition) is 3. The summed E-state index contributed by atoms with van der Waals surface area (Å²) in [5.74, 6) is 0. The number of hydrogen-bond donors (Lipinski definition) is 1. The Morgan fingerprint density at radius 2 is 2.00 bits per heavy atom. The molecule has 0 bridgehead atoms. The Labute approximate surface area is 139 Å². The maximum Gasteiger partial charge on any atom is 0.0410 e. The number of thioether (sulfide) groups is 1. The topological polar surface area (TPSA) is 24.9 Å². The van der Waals surface area contributed by atoms with Gasteiger partial charge in [0.05, 0.1) is 0 Å². The molecule has 0 fully saturated rings. The van der Waals surface area contributed by atoms with Crippen LogP contribution in [0.5, 0.6) is 0 Å². The Morgan fingerprint density at radius 1 is 1.24 bits per heavy atom. The maximum absolute atomic E-state index is 4.26. The van der Waals surface area contributed by atoms with Crippen molar-refractivity contribution in [2.24, 2.45) is 0 Å². The van der Waals surface area contributed by atoms with Crippen molar-refractivity contribution in [2.45, 2.75) is 30.7 Å². The second kappa shape index (κ2) is 8.57. The lowest BCUT2D eigenvalue weighted by molar-refractivity contribution is 0.528. The zero-order chi connectivity index (χ0) is 15.1. The van der Waals surface area contributed by atoms with Gasteiger partial charge in [0, 0.05) is 27.8 Å². The van der Waals surface area contributed by atoms with Crippen LogP contribution in [-0.2, 0) is 6.42 Å². The highest BCUT2D eigenvalue weighted by atomic mass is 79.9. The first kappa shape index (κ1) is 16.5. The summed E-state index contributed by atoms with van der Waals surface area (Å²) in [4.78, 5) is 5.56. The Balaban J connectivity index is 2.16. The Kier molecular flexibility index (Phi) is 6.74. The number of halogens is 1. The quantitative estimate of drug-likeness (QED) is 0.710. The average molecular weight is 365 g/mol. The molecule has 0 aliphatic carbocycles. The summed E-state index contributed by atoms with van der Waals surface area (Å²) in [5, 5.41) is 3.64. The van der Waals surface area contributed by atoms with Crippen molar-refractivity contribution in [2.75, 3.05) is 12.8 Å². The van der Waals surface area contributed by atoms with Crippen LogP contribution in [0, 0.1) is 0 Å². The van der Waals surface area contributed by atoms with Gasteiger partial charge in [-0.2, -0.15) is 0 Å². The Hall–Kier alpha value is -0.840. The highest BCUT2D eigenvalue weighted by molar-refractivity contribution is 9.10. The van der Waals surface area contributed by atoms with Crippen LogP contribution in [0.1, 0.15) is 30.5 Å². The van der Waals surface area contributed by atoms with E-state index in [2.05, 4.69) is 69.7 Å². The Bertz CT molecular complexity index is 557. The van der Waals surface area contributed by atoms with Crippen LogP contribution in [0.2, 0.25) is 0 Å². The van der Waals surface area contributed by atoms with Crippen molar-refractivity contribution in [3.63, 3.8) is 0 Å². The molecule has 0 saturated heterocycles. The smallest absolute Gasteiger partial charge is 0.0410 e. The first-order valence-electron chi connectivity index (χ1n) is 7.19. The summed E-state index contributed by atoms with van der Waals surface area (Å²) >= 11 is 5.27. The van der Waals surface area contributed by atoms with Crippen molar-refractivity contribution < 1.29 is 0 Å². The van der Waals surface area contributed by atoms with Crippen molar-refractivity contribution >= 4 is 27.7 Å². The van der Waals surface area contributed by atoms with E-state index >= 15 is 0 Å². The molecule has 1 aromatic heterocycles. The SMILES string of the molecule is CCCNC(Cc1cncc(Br)c1)c1ccc(SC)cc1. The molecule has 0 aliphatic rings. The van der Waals surface area contributed by atoms with E-state index in [9.17, 15) is 0 Å². The molecule has 0 saturated carbocycles. The van der Waals surface area contributed by atoms with E-state index in [-0.39, 0.29) is 0 Å². The van der Waals surface area contributed by atoms with Gasteiger partial charge in [0.15, 0.2) is 0 Å². The van der Waals surface area contributed by atoms with Gasteiger partial charge >= 0.3 is 0 Å². The second-order valence-electron chi connectivity index (χ2n) is 5.00. The van der Waals surface area contributed by atoms with Gasteiger partial charge in [-0.15, -0.1) is 11.8 Å². The molecule has 0 aliphatic heterocycles. The van der Waals surface area contributed by atoms with E-state index in [0.717, 1.165) is 23.9 Å². The van der Waals surface area contributed by atoms with Crippen LogP contribution < -0.4 is 5.32 Å². The third kappa shape index (κ3) is 5.13. The van der Waals surface area contributed by atoms with E-state index in [4.69, 9.17) is 0 Å². The van der Waals surface area contributed by atoms with Crippen LogP contribution >= 0.6 is 27.7 Å². The molecule has 0 radical (unpaired) electrons. The lowest BCUT2D eigenvalue weighted by atomic mass is 10.00. The minimum absolute atomic E-state index is 0.331. The van der Waals surface area contributed by atoms with E-state index < -0.39 is 0 Å². The third-order valence-corrected chi connectivity index (χ3v) is 4.54. The molecule has 2 nitrogen and oxygen atoms in total. The van der Waals surface area contributed by atoms with Gasteiger partial charge in [-0.05, 0) is 70.9 Å². The first-order chi connectivity index (χ1) is 10.2. The van der Waals surface area contributed by atoms with Gasteiger partial charge in [0.2, 0.25) is 0 Å². The molecule has 2 aromatic rings. The van der Waals surface area contributed by atoms with Gasteiger partial charge < -0.3 is 5.32 Å². The standard InChI is InChI=1S/C17H21BrN2S/c1-3-8-20-17(10-13-9-15(18)12-19-11-13)14-4-6-16(21-2)7-5-14/h4-7,9,11-12,17,20H,3,8,10H2,1-2H3. The minimum atomic E-state index is 0.331. The number of benzene rings is 1. The third-order valence-electron chi connectivity index (χ3n) is 3.36. The molecule has 1 N–H and O–H groups in total. The fraction of sp³-hybridized carbons (Fsp3) is 0.353. The predicted octanol–water partition coefficient (Wildman–Crippen LogP) is 4.85. The summed E-state index contributed by atoms with van der Waals surface area (Å²) in [5.41, 5.74) is 2.58. The number of nitrogens with one attached hydrogen (secondary N) is 1. The predicted molar refractivity (Wildman–Crippen MR) is 94.9 cm³/mol. The van der Waals surface area contributed by atoms with Crippen LogP contribution in [0.4, 0.5) is 0 Å². The van der Waals surface area contributed by atoms with Gasteiger partial charge in [0.1, 0.15) is 0 Å². The largest absolute Gasteiger partial charge is 0.310 e. The summed E-state index contributed by atoms with van der Waals surface area (Å²) in [6, 6.07) is 11.3. The first-order valence-corrected chi connectivity index (χ1v) is 9.21. The molecule has 1 unspecified atom stereocenters. The summed E-state index contributed by atoms with van der Waals surface area (Å²) in [6.45, 7) is 3.22. The van der Waals surface area contributed by atoms with Crippen LogP contribution in [0.3, 0.4) is 0 Å². The molecule has 0 spiro atoms. The number of aromatic nitrogens is 1. The lowest BCUT2D eigenvalue weighted by Crippen LogP contribution is -2.24. The van der Waals surface area contributed by atoms with Gasteiger partial charge in [-0.25, -0.2) is 0 Å². The fourth-order valence-corrected chi connectivity index (χ4v) is 3.09. The molecule has 4 heteroatoms. The zero-order valence-electron chi connectivity index (χ0n) is 12.5. The summed E-state index contributed by atoms with van der Waals surface area (Å²) < 4.78 is 1.03. The molecular weight excluding hydrogens is 344 g/mol. The Morgan fingerprint density at radius 3 is 2.62 bits per heavy atom. The summed E-state index contributed by atoms with van der Waals surface area (Å²) in [6.07, 6.45) is 7.96. The highest BCUT2D eigenvalue weighted by Crippen LogP contribution is 2.23. The highest BCUT2D eigenvalue weighted by Gasteiger charge is 2.12. The number of rotatable bonds is 7. The van der Waals surface area contributed by atoms with Crippen molar-refractivity contribution in [3.8, 4) is 0 Å². The molecule has 2 rings (SSSR count). The molecule has 112 valence electrons. The van der Waals surface area contributed by atoms with Crippen molar-refractivity contribution in [3.05, 3.63) is 58.3 Å². The van der Waals surface area contributed by atoms with Crippen LogP contribution in [-0.4, -0.2) is 17.8 Å². The van der Waals surface area contributed by atoms with E-state index in [1.165, 1.54) is 16.0 Å². The monoisotopic (exact) mass is 364 g/mol. The molecule has 0 amide bonds. The van der Waals surface area contributed by atoms with Gasteiger partial charge in [-0.3, -0.25) is 4.98 Å². The van der Waals surface area contributed by atoms with Crippen molar-refractivity contribution in [1.29, 1.82) is 0 Å². The second-order valence-corrected chi connectivity index (χ2v) is 6.79. The average Bonchev–Trinajstić information content (AvgIpc) is 2.51. The van der Waals surface area contributed by atoms with Crippen LogP contribution in [0.25, 0.3) is 0 Å². The van der Waals surface area contributed by atoms with Gasteiger partial charge in [-0.1, -0.05) is 19.1 Å². The van der Waals surface area contributed by atoms with Crippen molar-refractivity contribution in [1.82, 2.24) is 10.3 Å². The molecule has 1 heterocycles. The molecular formula is C17H21BrN2S. The minimum Gasteiger partial charge on any atom is -0.310 e. The zero-order valence-corrected chi connectivity index (χ0v) is 14.9.